The molecule has 98 valence electrons. The second kappa shape index (κ2) is 7.45. The molecule has 0 aliphatic carbocycles. The SMILES string of the molecule is CCCCc1ccc(C(=O)NOCC(N)=O)cc1. The van der Waals surface area contributed by atoms with Crippen molar-refractivity contribution in [1.82, 2.24) is 5.48 Å². The van der Waals surface area contributed by atoms with Crippen LogP contribution in [0, 0.1) is 0 Å². The van der Waals surface area contributed by atoms with Gasteiger partial charge in [0.15, 0.2) is 6.61 Å². The van der Waals surface area contributed by atoms with Crippen LogP contribution in [0.15, 0.2) is 24.3 Å². The molecular formula is C13H18N2O3. The fraction of sp³-hybridized carbons (Fsp3) is 0.385. The Morgan fingerprint density at radius 1 is 1.28 bits per heavy atom. The molecule has 2 amide bonds. The molecule has 0 bridgehead atoms. The van der Waals surface area contributed by atoms with E-state index in [-0.39, 0.29) is 6.61 Å². The van der Waals surface area contributed by atoms with E-state index in [1.807, 2.05) is 12.1 Å². The van der Waals surface area contributed by atoms with E-state index in [9.17, 15) is 9.59 Å². The fourth-order valence-electron chi connectivity index (χ4n) is 1.44. The topological polar surface area (TPSA) is 81.4 Å². The molecule has 5 nitrogen and oxygen atoms in total. The van der Waals surface area contributed by atoms with Crippen molar-refractivity contribution in [3.63, 3.8) is 0 Å². The number of hydroxylamine groups is 1. The molecule has 3 N–H and O–H groups in total. The Labute approximate surface area is 106 Å². The van der Waals surface area contributed by atoms with Gasteiger partial charge in [0.25, 0.3) is 5.91 Å². The lowest BCUT2D eigenvalue weighted by Gasteiger charge is -2.05. The van der Waals surface area contributed by atoms with E-state index in [0.29, 0.717) is 5.56 Å². The number of primary amides is 1. The highest BCUT2D eigenvalue weighted by Gasteiger charge is 2.05. The van der Waals surface area contributed by atoms with E-state index >= 15 is 0 Å². The standard InChI is InChI=1S/C13H18N2O3/c1-2-3-4-10-5-7-11(8-6-10)13(17)15-18-9-12(14)16/h5-8H,2-4,9H2,1H3,(H2,14,16)(H,15,17). The Morgan fingerprint density at radius 3 is 2.50 bits per heavy atom. The molecule has 0 saturated carbocycles. The predicted molar refractivity (Wildman–Crippen MR) is 67.7 cm³/mol. The second-order valence-corrected chi connectivity index (χ2v) is 3.99. The third-order valence-corrected chi connectivity index (χ3v) is 2.41. The van der Waals surface area contributed by atoms with Crippen molar-refractivity contribution in [2.24, 2.45) is 5.73 Å². The van der Waals surface area contributed by atoms with E-state index in [2.05, 4.69) is 17.2 Å². The summed E-state index contributed by atoms with van der Waals surface area (Å²) in [5, 5.41) is 0. The van der Waals surface area contributed by atoms with Crippen LogP contribution in [0.5, 0.6) is 0 Å². The highest BCUT2D eigenvalue weighted by molar-refractivity contribution is 5.93. The zero-order valence-corrected chi connectivity index (χ0v) is 10.4. The molecule has 0 spiro atoms. The van der Waals surface area contributed by atoms with Gasteiger partial charge in [-0.1, -0.05) is 25.5 Å². The maximum atomic E-state index is 11.6. The van der Waals surface area contributed by atoms with Crippen molar-refractivity contribution in [2.45, 2.75) is 26.2 Å². The first-order valence-corrected chi connectivity index (χ1v) is 5.93. The lowest BCUT2D eigenvalue weighted by molar-refractivity contribution is -0.124. The van der Waals surface area contributed by atoms with Crippen LogP contribution in [0.1, 0.15) is 35.7 Å². The summed E-state index contributed by atoms with van der Waals surface area (Å²) in [6, 6.07) is 7.29. The third-order valence-electron chi connectivity index (χ3n) is 2.41. The van der Waals surface area contributed by atoms with Gasteiger partial charge in [-0.3, -0.25) is 14.4 Å². The molecule has 0 aliphatic heterocycles. The van der Waals surface area contributed by atoms with Crippen LogP contribution < -0.4 is 11.2 Å². The number of amides is 2. The Bertz CT molecular complexity index is 401. The molecular weight excluding hydrogens is 232 g/mol. The van der Waals surface area contributed by atoms with Crippen molar-refractivity contribution in [2.75, 3.05) is 6.61 Å². The highest BCUT2D eigenvalue weighted by Crippen LogP contribution is 2.07. The summed E-state index contributed by atoms with van der Waals surface area (Å²) in [7, 11) is 0. The van der Waals surface area contributed by atoms with Gasteiger partial charge >= 0.3 is 0 Å². The summed E-state index contributed by atoms with van der Waals surface area (Å²) in [4.78, 5) is 26.6. The summed E-state index contributed by atoms with van der Waals surface area (Å²) < 4.78 is 0. The van der Waals surface area contributed by atoms with Crippen molar-refractivity contribution in [3.8, 4) is 0 Å². The van der Waals surface area contributed by atoms with Crippen LogP contribution in [0.3, 0.4) is 0 Å². The van der Waals surface area contributed by atoms with Gasteiger partial charge in [0.1, 0.15) is 0 Å². The number of carbonyl (C=O) groups excluding carboxylic acids is 2. The first kappa shape index (κ1) is 14.2. The molecule has 5 heteroatoms. The number of nitrogens with two attached hydrogens (primary N) is 1. The van der Waals surface area contributed by atoms with Gasteiger partial charge < -0.3 is 5.73 Å². The highest BCUT2D eigenvalue weighted by atomic mass is 16.7. The summed E-state index contributed by atoms with van der Waals surface area (Å²) >= 11 is 0. The molecule has 0 radical (unpaired) electrons. The Kier molecular flexibility index (Phi) is 5.87. The third kappa shape index (κ3) is 4.97. The minimum Gasteiger partial charge on any atom is -0.368 e. The minimum absolute atomic E-state index is 0.333. The lowest BCUT2D eigenvalue weighted by Crippen LogP contribution is -2.29. The molecule has 1 aromatic rings. The maximum Gasteiger partial charge on any atom is 0.274 e. The number of rotatable bonds is 7. The van der Waals surface area contributed by atoms with E-state index in [1.165, 1.54) is 5.56 Å². The molecule has 0 unspecified atom stereocenters. The average molecular weight is 250 g/mol. The summed E-state index contributed by atoms with van der Waals surface area (Å²) in [6.07, 6.45) is 3.28. The number of benzene rings is 1. The van der Waals surface area contributed by atoms with Gasteiger partial charge in [0.05, 0.1) is 0 Å². The number of nitrogens with one attached hydrogen (secondary N) is 1. The smallest absolute Gasteiger partial charge is 0.274 e. The van der Waals surface area contributed by atoms with Gasteiger partial charge in [-0.05, 0) is 30.5 Å². The normalized spacial score (nSPS) is 10.1. The van der Waals surface area contributed by atoms with Crippen LogP contribution >= 0.6 is 0 Å². The maximum absolute atomic E-state index is 11.6. The molecule has 0 saturated heterocycles. The van der Waals surface area contributed by atoms with Crippen LogP contribution in [0.25, 0.3) is 0 Å². The van der Waals surface area contributed by atoms with Crippen molar-refractivity contribution < 1.29 is 14.4 Å². The van der Waals surface area contributed by atoms with Crippen molar-refractivity contribution >= 4 is 11.8 Å². The van der Waals surface area contributed by atoms with E-state index in [0.717, 1.165) is 19.3 Å². The summed E-state index contributed by atoms with van der Waals surface area (Å²) in [6.45, 7) is 1.80. The largest absolute Gasteiger partial charge is 0.368 e. The van der Waals surface area contributed by atoms with Gasteiger partial charge in [0, 0.05) is 5.56 Å². The molecule has 0 aromatic heterocycles. The number of unbranched alkanes of at least 4 members (excludes halogenated alkanes) is 1. The first-order valence-electron chi connectivity index (χ1n) is 5.93. The Hall–Kier alpha value is -1.88. The molecule has 0 heterocycles. The molecule has 0 fully saturated rings. The molecule has 18 heavy (non-hydrogen) atoms. The zero-order chi connectivity index (χ0) is 13.4. The van der Waals surface area contributed by atoms with Crippen molar-refractivity contribution in [3.05, 3.63) is 35.4 Å². The molecule has 0 atom stereocenters. The van der Waals surface area contributed by atoms with Gasteiger partial charge in [-0.25, -0.2) is 5.48 Å². The zero-order valence-electron chi connectivity index (χ0n) is 10.4. The fourth-order valence-corrected chi connectivity index (χ4v) is 1.44. The van der Waals surface area contributed by atoms with Crippen LogP contribution in [0.2, 0.25) is 0 Å². The first-order chi connectivity index (χ1) is 8.63. The van der Waals surface area contributed by atoms with Crippen LogP contribution in [-0.4, -0.2) is 18.4 Å². The number of carbonyl (C=O) groups is 2. The van der Waals surface area contributed by atoms with Gasteiger partial charge in [-0.2, -0.15) is 0 Å². The van der Waals surface area contributed by atoms with E-state index < -0.39 is 11.8 Å². The average Bonchev–Trinajstić information content (AvgIpc) is 2.36. The lowest BCUT2D eigenvalue weighted by atomic mass is 10.1. The summed E-state index contributed by atoms with van der Waals surface area (Å²) in [5.41, 5.74) is 8.71. The van der Waals surface area contributed by atoms with E-state index in [1.54, 1.807) is 12.1 Å². The second-order valence-electron chi connectivity index (χ2n) is 3.99. The number of hydrogen-bond donors (Lipinski definition) is 2. The molecule has 1 aromatic carbocycles. The molecule has 1 rings (SSSR count). The minimum atomic E-state index is -0.634. The predicted octanol–water partition coefficient (Wildman–Crippen LogP) is 1.18. The monoisotopic (exact) mass is 250 g/mol. The Balaban J connectivity index is 2.46. The van der Waals surface area contributed by atoms with Gasteiger partial charge in [-0.15, -0.1) is 0 Å². The number of aryl methyl sites for hydroxylation is 1. The van der Waals surface area contributed by atoms with Crippen LogP contribution in [0.4, 0.5) is 0 Å². The number of hydrogen-bond acceptors (Lipinski definition) is 3. The van der Waals surface area contributed by atoms with Crippen molar-refractivity contribution in [1.29, 1.82) is 0 Å². The Morgan fingerprint density at radius 2 is 1.94 bits per heavy atom. The molecule has 0 aliphatic rings. The summed E-state index contributed by atoms with van der Waals surface area (Å²) in [5.74, 6) is -1.02. The van der Waals surface area contributed by atoms with Gasteiger partial charge in [0.2, 0.25) is 5.91 Å². The van der Waals surface area contributed by atoms with Crippen LogP contribution in [-0.2, 0) is 16.1 Å². The quantitative estimate of drug-likeness (QED) is 0.713. The van der Waals surface area contributed by atoms with E-state index in [4.69, 9.17) is 5.73 Å².